The molecule has 1 aromatic carbocycles. The summed E-state index contributed by atoms with van der Waals surface area (Å²) in [5, 5.41) is 3.54. The predicted molar refractivity (Wildman–Crippen MR) is 94.2 cm³/mol. The van der Waals surface area contributed by atoms with E-state index in [1.165, 1.54) is 30.6 Å². The van der Waals surface area contributed by atoms with Crippen molar-refractivity contribution >= 4 is 17.2 Å². The maximum absolute atomic E-state index is 13.0. The first-order valence-corrected chi connectivity index (χ1v) is 8.39. The number of halogens is 1. The number of aromatic nitrogens is 2. The van der Waals surface area contributed by atoms with Crippen molar-refractivity contribution in [1.29, 1.82) is 0 Å². The molecule has 0 spiro atoms. The standard InChI is InChI=1S/C18H16FN3O2S/c1-11-15(25-18(22-11)12-5-7-14(19)8-6-12)16(23)21-10-13-4-3-9-20-17(13)24-2/h3-9H,10H2,1-2H3,(H,21,23). The number of methoxy groups -OCH3 is 1. The summed E-state index contributed by atoms with van der Waals surface area (Å²) in [6.45, 7) is 2.09. The summed E-state index contributed by atoms with van der Waals surface area (Å²) in [6, 6.07) is 9.68. The highest BCUT2D eigenvalue weighted by Gasteiger charge is 2.16. The molecular formula is C18H16FN3O2S. The van der Waals surface area contributed by atoms with Gasteiger partial charge in [-0.1, -0.05) is 6.07 Å². The van der Waals surface area contributed by atoms with E-state index in [4.69, 9.17) is 4.74 Å². The summed E-state index contributed by atoms with van der Waals surface area (Å²) in [4.78, 5) is 21.5. The first-order chi connectivity index (χ1) is 12.1. The number of rotatable bonds is 5. The predicted octanol–water partition coefficient (Wildman–Crippen LogP) is 3.59. The van der Waals surface area contributed by atoms with E-state index in [9.17, 15) is 9.18 Å². The van der Waals surface area contributed by atoms with Gasteiger partial charge in [0.05, 0.1) is 12.8 Å². The van der Waals surface area contributed by atoms with Gasteiger partial charge in [-0.3, -0.25) is 4.79 Å². The summed E-state index contributed by atoms with van der Waals surface area (Å²) in [5.41, 5.74) is 2.21. The molecule has 0 aliphatic rings. The van der Waals surface area contributed by atoms with Crippen LogP contribution in [-0.4, -0.2) is 23.0 Å². The zero-order chi connectivity index (χ0) is 17.8. The van der Waals surface area contributed by atoms with E-state index in [0.717, 1.165) is 11.1 Å². The van der Waals surface area contributed by atoms with Crippen molar-refractivity contribution in [2.45, 2.75) is 13.5 Å². The van der Waals surface area contributed by atoms with E-state index in [-0.39, 0.29) is 11.7 Å². The van der Waals surface area contributed by atoms with Crippen LogP contribution in [0, 0.1) is 12.7 Å². The normalized spacial score (nSPS) is 10.5. The molecule has 3 aromatic rings. The number of thiazole rings is 1. The van der Waals surface area contributed by atoms with Crippen LogP contribution in [-0.2, 0) is 6.54 Å². The van der Waals surface area contributed by atoms with E-state index in [1.54, 1.807) is 31.3 Å². The van der Waals surface area contributed by atoms with Gasteiger partial charge in [-0.05, 0) is 37.3 Å². The number of nitrogens with one attached hydrogen (secondary N) is 1. The number of amides is 1. The molecule has 128 valence electrons. The number of carbonyl (C=O) groups is 1. The fourth-order valence-electron chi connectivity index (χ4n) is 2.32. The highest BCUT2D eigenvalue weighted by atomic mass is 32.1. The molecule has 1 N–H and O–H groups in total. The maximum atomic E-state index is 13.0. The Bertz CT molecular complexity index is 894. The van der Waals surface area contributed by atoms with Crippen molar-refractivity contribution in [1.82, 2.24) is 15.3 Å². The van der Waals surface area contributed by atoms with Crippen LogP contribution < -0.4 is 10.1 Å². The molecule has 2 aromatic heterocycles. The van der Waals surface area contributed by atoms with Gasteiger partial charge in [0, 0.05) is 23.9 Å². The second kappa shape index (κ2) is 7.40. The summed E-state index contributed by atoms with van der Waals surface area (Å²) >= 11 is 1.28. The van der Waals surface area contributed by atoms with Crippen molar-refractivity contribution in [2.75, 3.05) is 7.11 Å². The molecule has 0 atom stereocenters. The SMILES string of the molecule is COc1ncccc1CNC(=O)c1sc(-c2ccc(F)cc2)nc1C. The van der Waals surface area contributed by atoms with E-state index in [2.05, 4.69) is 15.3 Å². The van der Waals surface area contributed by atoms with Crippen LogP contribution in [0.5, 0.6) is 5.88 Å². The summed E-state index contributed by atoms with van der Waals surface area (Å²) in [5.74, 6) is -0.0366. The monoisotopic (exact) mass is 357 g/mol. The molecule has 0 aliphatic heterocycles. The Morgan fingerprint density at radius 1 is 1.28 bits per heavy atom. The molecule has 2 heterocycles. The molecule has 25 heavy (non-hydrogen) atoms. The van der Waals surface area contributed by atoms with Crippen molar-refractivity contribution in [3.8, 4) is 16.5 Å². The van der Waals surface area contributed by atoms with Crippen molar-refractivity contribution < 1.29 is 13.9 Å². The van der Waals surface area contributed by atoms with Crippen molar-refractivity contribution in [3.63, 3.8) is 0 Å². The Kier molecular flexibility index (Phi) is 5.04. The fourth-order valence-corrected chi connectivity index (χ4v) is 3.31. The lowest BCUT2D eigenvalue weighted by Crippen LogP contribution is -2.23. The van der Waals surface area contributed by atoms with E-state index in [0.29, 0.717) is 28.0 Å². The van der Waals surface area contributed by atoms with E-state index in [1.807, 2.05) is 6.07 Å². The van der Waals surface area contributed by atoms with Crippen LogP contribution in [0.4, 0.5) is 4.39 Å². The lowest BCUT2D eigenvalue weighted by Gasteiger charge is -2.07. The Morgan fingerprint density at radius 2 is 2.04 bits per heavy atom. The topological polar surface area (TPSA) is 64.1 Å². The van der Waals surface area contributed by atoms with Gasteiger partial charge >= 0.3 is 0 Å². The van der Waals surface area contributed by atoms with Gasteiger partial charge in [0.1, 0.15) is 15.7 Å². The number of benzene rings is 1. The second-order valence-corrected chi connectivity index (χ2v) is 6.29. The zero-order valence-corrected chi connectivity index (χ0v) is 14.6. The summed E-state index contributed by atoms with van der Waals surface area (Å²) in [7, 11) is 1.54. The molecular weight excluding hydrogens is 341 g/mol. The fraction of sp³-hybridized carbons (Fsp3) is 0.167. The molecule has 0 saturated heterocycles. The highest BCUT2D eigenvalue weighted by Crippen LogP contribution is 2.28. The smallest absolute Gasteiger partial charge is 0.263 e. The first kappa shape index (κ1) is 17.0. The minimum Gasteiger partial charge on any atom is -0.481 e. The molecule has 0 fully saturated rings. The first-order valence-electron chi connectivity index (χ1n) is 7.58. The van der Waals surface area contributed by atoms with Gasteiger partial charge in [0.15, 0.2) is 0 Å². The van der Waals surface area contributed by atoms with Gasteiger partial charge in [-0.2, -0.15) is 0 Å². The number of nitrogens with zero attached hydrogens (tertiary/aromatic N) is 2. The van der Waals surface area contributed by atoms with Crippen LogP contribution in [0.2, 0.25) is 0 Å². The van der Waals surface area contributed by atoms with E-state index >= 15 is 0 Å². The number of hydrogen-bond donors (Lipinski definition) is 1. The minimum absolute atomic E-state index is 0.214. The average Bonchev–Trinajstić information content (AvgIpc) is 3.02. The minimum atomic E-state index is -0.305. The highest BCUT2D eigenvalue weighted by molar-refractivity contribution is 7.17. The lowest BCUT2D eigenvalue weighted by molar-refractivity contribution is 0.0954. The molecule has 5 nitrogen and oxygen atoms in total. The summed E-state index contributed by atoms with van der Waals surface area (Å²) < 4.78 is 18.2. The van der Waals surface area contributed by atoms with Gasteiger partial charge in [0.25, 0.3) is 5.91 Å². The molecule has 0 bridgehead atoms. The van der Waals surface area contributed by atoms with Gasteiger partial charge in [-0.15, -0.1) is 11.3 Å². The molecule has 3 rings (SSSR count). The number of pyridine rings is 1. The third-order valence-electron chi connectivity index (χ3n) is 3.58. The Labute approximate surface area is 148 Å². The molecule has 0 radical (unpaired) electrons. The van der Waals surface area contributed by atoms with Crippen molar-refractivity contribution in [2.24, 2.45) is 0 Å². The zero-order valence-electron chi connectivity index (χ0n) is 13.7. The Morgan fingerprint density at radius 3 is 2.76 bits per heavy atom. The van der Waals surface area contributed by atoms with Crippen LogP contribution in [0.3, 0.4) is 0 Å². The number of carbonyl (C=O) groups excluding carboxylic acids is 1. The molecule has 0 aliphatic carbocycles. The summed E-state index contributed by atoms with van der Waals surface area (Å²) in [6.07, 6.45) is 1.63. The Hall–Kier alpha value is -2.80. The average molecular weight is 357 g/mol. The third kappa shape index (κ3) is 3.83. The van der Waals surface area contributed by atoms with Crippen LogP contribution >= 0.6 is 11.3 Å². The van der Waals surface area contributed by atoms with Gasteiger partial charge in [-0.25, -0.2) is 14.4 Å². The molecule has 0 saturated carbocycles. The van der Waals surface area contributed by atoms with Crippen LogP contribution in [0.1, 0.15) is 20.9 Å². The number of hydrogen-bond acceptors (Lipinski definition) is 5. The molecule has 1 amide bonds. The number of ether oxygens (including phenoxy) is 1. The second-order valence-electron chi connectivity index (χ2n) is 5.29. The van der Waals surface area contributed by atoms with Crippen molar-refractivity contribution in [3.05, 3.63) is 64.5 Å². The van der Waals surface area contributed by atoms with Gasteiger partial charge in [0.2, 0.25) is 5.88 Å². The van der Waals surface area contributed by atoms with Crippen LogP contribution in [0.15, 0.2) is 42.6 Å². The number of aryl methyl sites for hydroxylation is 1. The van der Waals surface area contributed by atoms with Crippen LogP contribution in [0.25, 0.3) is 10.6 Å². The van der Waals surface area contributed by atoms with E-state index < -0.39 is 0 Å². The largest absolute Gasteiger partial charge is 0.481 e. The Balaban J connectivity index is 1.75. The maximum Gasteiger partial charge on any atom is 0.263 e. The third-order valence-corrected chi connectivity index (χ3v) is 4.78. The quantitative estimate of drug-likeness (QED) is 0.758. The van der Waals surface area contributed by atoms with Gasteiger partial charge < -0.3 is 10.1 Å². The molecule has 0 unspecified atom stereocenters. The molecule has 7 heteroatoms. The lowest BCUT2D eigenvalue weighted by atomic mass is 10.2.